The average molecular weight is 440 g/mol. The minimum absolute atomic E-state index is 0.0162. The van der Waals surface area contributed by atoms with Crippen LogP contribution in [0.1, 0.15) is 49.2 Å². The minimum Gasteiger partial charge on any atom is -0.497 e. The molecule has 0 saturated heterocycles. The highest BCUT2D eigenvalue weighted by Gasteiger charge is 2.18. The van der Waals surface area contributed by atoms with Crippen molar-refractivity contribution in [2.45, 2.75) is 38.9 Å². The number of nitrogens with zero attached hydrogens (tertiary/aromatic N) is 2. The SMILES string of the molecule is COc1ccc(F)c(-c2ncc(COc3cccc([C@H](O)CC(=O)O)c3)nc2C(C)C)c1. The van der Waals surface area contributed by atoms with Gasteiger partial charge in [-0.25, -0.2) is 4.39 Å². The first-order valence-corrected chi connectivity index (χ1v) is 10.1. The molecule has 0 saturated carbocycles. The van der Waals surface area contributed by atoms with Crippen molar-refractivity contribution in [1.82, 2.24) is 9.97 Å². The lowest BCUT2D eigenvalue weighted by Gasteiger charge is -2.15. The van der Waals surface area contributed by atoms with Crippen LogP contribution in [0, 0.1) is 5.82 Å². The molecule has 0 aliphatic rings. The second-order valence-corrected chi connectivity index (χ2v) is 7.57. The normalized spacial score (nSPS) is 11.9. The van der Waals surface area contributed by atoms with E-state index in [2.05, 4.69) is 9.97 Å². The topological polar surface area (TPSA) is 102 Å². The number of carboxylic acid groups (broad SMARTS) is 1. The Morgan fingerprint density at radius 3 is 2.62 bits per heavy atom. The minimum atomic E-state index is -1.12. The van der Waals surface area contributed by atoms with E-state index in [1.807, 2.05) is 13.8 Å². The van der Waals surface area contributed by atoms with Gasteiger partial charge in [-0.3, -0.25) is 14.8 Å². The Balaban J connectivity index is 1.82. The molecule has 168 valence electrons. The summed E-state index contributed by atoms with van der Waals surface area (Å²) in [7, 11) is 1.52. The van der Waals surface area contributed by atoms with Gasteiger partial charge in [0.05, 0.1) is 42.9 Å². The summed E-state index contributed by atoms with van der Waals surface area (Å²) in [5.74, 6) is -0.536. The van der Waals surface area contributed by atoms with Gasteiger partial charge in [-0.15, -0.1) is 0 Å². The van der Waals surface area contributed by atoms with Gasteiger partial charge in [0.1, 0.15) is 23.9 Å². The van der Waals surface area contributed by atoms with Crippen LogP contribution in [-0.2, 0) is 11.4 Å². The summed E-state index contributed by atoms with van der Waals surface area (Å²) in [6.45, 7) is 4.00. The molecule has 0 bridgehead atoms. The molecule has 0 amide bonds. The van der Waals surface area contributed by atoms with Crippen LogP contribution >= 0.6 is 0 Å². The molecule has 3 aromatic rings. The molecule has 1 aromatic heterocycles. The highest BCUT2D eigenvalue weighted by atomic mass is 19.1. The van der Waals surface area contributed by atoms with E-state index in [1.165, 1.54) is 19.4 Å². The van der Waals surface area contributed by atoms with Gasteiger partial charge in [0.25, 0.3) is 0 Å². The van der Waals surface area contributed by atoms with E-state index in [1.54, 1.807) is 36.4 Å². The number of halogens is 1. The molecule has 0 aliphatic heterocycles. The Labute approximate surface area is 185 Å². The largest absolute Gasteiger partial charge is 0.497 e. The number of aliphatic carboxylic acids is 1. The van der Waals surface area contributed by atoms with Crippen molar-refractivity contribution in [1.29, 1.82) is 0 Å². The van der Waals surface area contributed by atoms with Crippen LogP contribution in [0.4, 0.5) is 4.39 Å². The van der Waals surface area contributed by atoms with Crippen molar-refractivity contribution >= 4 is 5.97 Å². The van der Waals surface area contributed by atoms with Gasteiger partial charge >= 0.3 is 5.97 Å². The van der Waals surface area contributed by atoms with E-state index in [-0.39, 0.29) is 12.5 Å². The first kappa shape index (κ1) is 23.1. The van der Waals surface area contributed by atoms with E-state index >= 15 is 0 Å². The van der Waals surface area contributed by atoms with Gasteiger partial charge in [-0.05, 0) is 41.8 Å². The number of carbonyl (C=O) groups is 1. The Bertz CT molecular complexity index is 1100. The molecule has 8 heteroatoms. The van der Waals surface area contributed by atoms with Crippen LogP contribution in [0.5, 0.6) is 11.5 Å². The molecular formula is C24H25FN2O5. The Morgan fingerprint density at radius 1 is 1.16 bits per heavy atom. The summed E-state index contributed by atoms with van der Waals surface area (Å²) in [5, 5.41) is 18.8. The number of aromatic nitrogens is 2. The van der Waals surface area contributed by atoms with E-state index < -0.39 is 24.3 Å². The van der Waals surface area contributed by atoms with Gasteiger partial charge in [-0.1, -0.05) is 26.0 Å². The van der Waals surface area contributed by atoms with Crippen LogP contribution in [0.15, 0.2) is 48.7 Å². The molecule has 0 radical (unpaired) electrons. The maximum atomic E-state index is 14.5. The van der Waals surface area contributed by atoms with Gasteiger partial charge in [-0.2, -0.15) is 0 Å². The lowest BCUT2D eigenvalue weighted by Crippen LogP contribution is -2.08. The number of hydrogen-bond donors (Lipinski definition) is 2. The summed E-state index contributed by atoms with van der Waals surface area (Å²) in [6, 6.07) is 11.1. The van der Waals surface area contributed by atoms with E-state index in [0.717, 1.165) is 0 Å². The molecule has 3 rings (SSSR count). The Kier molecular flexibility index (Phi) is 7.37. The fraction of sp³-hybridized carbons (Fsp3) is 0.292. The average Bonchev–Trinajstić information content (AvgIpc) is 2.77. The molecule has 2 aromatic carbocycles. The summed E-state index contributed by atoms with van der Waals surface area (Å²) in [4.78, 5) is 19.9. The molecule has 0 unspecified atom stereocenters. The zero-order chi connectivity index (χ0) is 23.3. The van der Waals surface area contributed by atoms with Crippen molar-refractivity contribution < 1.29 is 28.9 Å². The second-order valence-electron chi connectivity index (χ2n) is 7.57. The second kappa shape index (κ2) is 10.2. The number of hydrogen-bond acceptors (Lipinski definition) is 6. The highest BCUT2D eigenvalue weighted by molar-refractivity contribution is 5.67. The van der Waals surface area contributed by atoms with Crippen molar-refractivity contribution in [2.75, 3.05) is 7.11 Å². The quantitative estimate of drug-likeness (QED) is 0.505. The fourth-order valence-corrected chi connectivity index (χ4v) is 3.19. The number of rotatable bonds is 9. The smallest absolute Gasteiger partial charge is 0.306 e. The van der Waals surface area contributed by atoms with Gasteiger partial charge in [0.15, 0.2) is 0 Å². The Hall–Kier alpha value is -3.52. The number of aliphatic hydroxyl groups excluding tert-OH is 1. The lowest BCUT2D eigenvalue weighted by molar-refractivity contribution is -0.139. The van der Waals surface area contributed by atoms with Crippen molar-refractivity contribution in [2.24, 2.45) is 0 Å². The molecule has 0 fully saturated rings. The van der Waals surface area contributed by atoms with Gasteiger partial charge in [0.2, 0.25) is 0 Å². The van der Waals surface area contributed by atoms with Gasteiger partial charge in [0, 0.05) is 5.56 Å². The number of ether oxygens (including phenoxy) is 2. The third-order valence-corrected chi connectivity index (χ3v) is 4.82. The van der Waals surface area contributed by atoms with E-state index in [0.29, 0.717) is 39.7 Å². The van der Waals surface area contributed by atoms with Crippen LogP contribution in [0.3, 0.4) is 0 Å². The molecule has 1 atom stereocenters. The first-order valence-electron chi connectivity index (χ1n) is 10.1. The van der Waals surface area contributed by atoms with Crippen LogP contribution < -0.4 is 9.47 Å². The number of carboxylic acids is 1. The number of aliphatic hydroxyl groups is 1. The summed E-state index contributed by atoms with van der Waals surface area (Å²) in [5.41, 5.74) is 2.39. The highest BCUT2D eigenvalue weighted by Crippen LogP contribution is 2.31. The summed E-state index contributed by atoms with van der Waals surface area (Å²) >= 11 is 0. The van der Waals surface area contributed by atoms with E-state index in [9.17, 15) is 14.3 Å². The summed E-state index contributed by atoms with van der Waals surface area (Å²) < 4.78 is 25.5. The molecule has 32 heavy (non-hydrogen) atoms. The lowest BCUT2D eigenvalue weighted by atomic mass is 10.0. The zero-order valence-electron chi connectivity index (χ0n) is 18.1. The van der Waals surface area contributed by atoms with E-state index in [4.69, 9.17) is 14.6 Å². The molecule has 1 heterocycles. The molecule has 2 N–H and O–H groups in total. The Morgan fingerprint density at radius 2 is 1.94 bits per heavy atom. The first-order chi connectivity index (χ1) is 15.3. The molecule has 0 aliphatic carbocycles. The van der Waals surface area contributed by atoms with Crippen molar-refractivity contribution in [3.05, 3.63) is 71.4 Å². The van der Waals surface area contributed by atoms with Crippen molar-refractivity contribution in [3.8, 4) is 22.8 Å². The molecule has 7 nitrogen and oxygen atoms in total. The van der Waals surface area contributed by atoms with Crippen LogP contribution in [0.25, 0.3) is 11.3 Å². The van der Waals surface area contributed by atoms with Gasteiger partial charge < -0.3 is 19.7 Å². The fourth-order valence-electron chi connectivity index (χ4n) is 3.19. The van der Waals surface area contributed by atoms with Crippen LogP contribution in [0.2, 0.25) is 0 Å². The predicted octanol–water partition coefficient (Wildman–Crippen LogP) is 4.50. The molecular weight excluding hydrogens is 415 g/mol. The number of methoxy groups -OCH3 is 1. The summed E-state index contributed by atoms with van der Waals surface area (Å²) in [6.07, 6.45) is 0.0125. The maximum Gasteiger partial charge on any atom is 0.306 e. The monoisotopic (exact) mass is 440 g/mol. The zero-order valence-corrected chi connectivity index (χ0v) is 18.1. The maximum absolute atomic E-state index is 14.5. The third-order valence-electron chi connectivity index (χ3n) is 4.82. The standard InChI is InChI=1S/C24H25FN2O5/c1-14(2)23-24(19-10-17(31-3)7-8-20(19)25)26-12-16(27-23)13-32-18-6-4-5-15(9-18)21(28)11-22(29)30/h4-10,12,14,21,28H,11,13H2,1-3H3,(H,29,30)/t21-/m1/s1. The van der Waals surface area contributed by atoms with Crippen molar-refractivity contribution in [3.63, 3.8) is 0 Å². The molecule has 0 spiro atoms. The third kappa shape index (κ3) is 5.59. The predicted molar refractivity (Wildman–Crippen MR) is 116 cm³/mol. The number of benzene rings is 2. The van der Waals surface area contributed by atoms with Crippen LogP contribution in [-0.4, -0.2) is 33.3 Å².